The topological polar surface area (TPSA) is 20.3 Å². The van der Waals surface area contributed by atoms with Crippen LogP contribution in [0, 0.1) is 5.82 Å². The first kappa shape index (κ1) is 10.7. The molecule has 1 fully saturated rings. The van der Waals surface area contributed by atoms with E-state index in [9.17, 15) is 13.6 Å². The van der Waals surface area contributed by atoms with Crippen LogP contribution in [0.4, 0.5) is 8.78 Å². The molecule has 1 aromatic carbocycles. The zero-order chi connectivity index (χ0) is 12.2. The second kappa shape index (κ2) is 3.52. The van der Waals surface area contributed by atoms with Crippen molar-refractivity contribution in [2.75, 3.05) is 0 Å². The molecule has 0 saturated carbocycles. The van der Waals surface area contributed by atoms with Gasteiger partial charge in [-0.3, -0.25) is 4.79 Å². The minimum atomic E-state index is -1.19. The van der Waals surface area contributed by atoms with Gasteiger partial charge in [-0.05, 0) is 36.6 Å². The maximum Gasteiger partial charge on any atom is 0.223 e. The summed E-state index contributed by atoms with van der Waals surface area (Å²) in [5, 5.41) is 0. The highest BCUT2D eigenvalue weighted by molar-refractivity contribution is 5.80. The number of carbonyl (C=O) groups is 1. The van der Waals surface area contributed by atoms with Crippen LogP contribution in [-0.2, 0) is 4.79 Å². The van der Waals surface area contributed by atoms with Gasteiger partial charge in [0, 0.05) is 6.42 Å². The summed E-state index contributed by atoms with van der Waals surface area (Å²) in [6.07, 6.45) is -0.235. The molecular weight excluding hydrogens is 224 g/mol. The molecule has 0 spiro atoms. The fourth-order valence-electron chi connectivity index (χ4n) is 3.03. The molecule has 3 unspecified atom stereocenters. The Balaban J connectivity index is 2.14. The maximum absolute atomic E-state index is 14.3. The van der Waals surface area contributed by atoms with Crippen molar-refractivity contribution in [3.8, 4) is 0 Å². The van der Waals surface area contributed by atoms with E-state index >= 15 is 0 Å². The zero-order valence-corrected chi connectivity index (χ0v) is 9.49. The molecule has 2 aliphatic heterocycles. The number of hydrogen-bond donors (Lipinski definition) is 0. The largest absolute Gasteiger partial charge is 0.330 e. The van der Waals surface area contributed by atoms with Gasteiger partial charge in [0.05, 0.1) is 12.1 Å². The first-order valence-electron chi connectivity index (χ1n) is 5.84. The molecule has 17 heavy (non-hydrogen) atoms. The molecule has 0 N–H and O–H groups in total. The summed E-state index contributed by atoms with van der Waals surface area (Å²) in [6, 6.07) is 3.54. The summed E-state index contributed by atoms with van der Waals surface area (Å²) in [5.74, 6) is -0.409. The lowest BCUT2D eigenvalue weighted by atomic mass is 9.88. The molecule has 0 aromatic heterocycles. The highest BCUT2D eigenvalue weighted by Gasteiger charge is 2.45. The molecule has 90 valence electrons. The van der Waals surface area contributed by atoms with Crippen LogP contribution >= 0.6 is 0 Å². The van der Waals surface area contributed by atoms with Crippen molar-refractivity contribution >= 4 is 5.91 Å². The number of rotatable bonds is 0. The van der Waals surface area contributed by atoms with E-state index < -0.39 is 6.17 Å². The van der Waals surface area contributed by atoms with Gasteiger partial charge in [0.1, 0.15) is 12.0 Å². The lowest BCUT2D eigenvalue weighted by molar-refractivity contribution is -0.132. The standard InChI is InChI=1S/C13H13F2NO/c1-7-10-6-8(14)2-3-9(10)13(15)11-4-5-12(17)16(7)11/h2-3,6-7,11,13H,4-5H2,1H3. The number of nitrogens with zero attached hydrogens (tertiary/aromatic N) is 1. The smallest absolute Gasteiger partial charge is 0.223 e. The molecule has 2 heterocycles. The van der Waals surface area contributed by atoms with Crippen molar-refractivity contribution in [3.63, 3.8) is 0 Å². The van der Waals surface area contributed by atoms with Crippen molar-refractivity contribution in [1.82, 2.24) is 4.90 Å². The zero-order valence-electron chi connectivity index (χ0n) is 9.49. The molecule has 0 radical (unpaired) electrons. The molecular formula is C13H13F2NO. The Bertz CT molecular complexity index is 488. The van der Waals surface area contributed by atoms with Crippen LogP contribution in [0.1, 0.15) is 43.1 Å². The van der Waals surface area contributed by atoms with E-state index in [1.165, 1.54) is 18.2 Å². The average molecular weight is 237 g/mol. The van der Waals surface area contributed by atoms with E-state index in [-0.39, 0.29) is 23.8 Å². The molecule has 1 saturated heterocycles. The van der Waals surface area contributed by atoms with E-state index in [0.29, 0.717) is 24.0 Å². The Labute approximate surface area is 98.2 Å². The van der Waals surface area contributed by atoms with Gasteiger partial charge in [-0.15, -0.1) is 0 Å². The van der Waals surface area contributed by atoms with Crippen molar-refractivity contribution in [2.45, 2.75) is 38.0 Å². The van der Waals surface area contributed by atoms with Crippen LogP contribution in [0.15, 0.2) is 18.2 Å². The number of amides is 1. The molecule has 1 amide bonds. The Morgan fingerprint density at radius 3 is 2.88 bits per heavy atom. The Hall–Kier alpha value is -1.45. The second-order valence-electron chi connectivity index (χ2n) is 4.76. The number of carbonyl (C=O) groups excluding carboxylic acids is 1. The average Bonchev–Trinajstić information content (AvgIpc) is 2.68. The maximum atomic E-state index is 14.3. The van der Waals surface area contributed by atoms with Crippen LogP contribution in [0.5, 0.6) is 0 Å². The lowest BCUT2D eigenvalue weighted by Gasteiger charge is -2.39. The predicted octanol–water partition coefficient (Wildman–Crippen LogP) is 2.90. The minimum absolute atomic E-state index is 0.0277. The third-order valence-corrected chi connectivity index (χ3v) is 3.85. The van der Waals surface area contributed by atoms with E-state index in [1.807, 2.05) is 6.92 Å². The van der Waals surface area contributed by atoms with Crippen LogP contribution in [0.25, 0.3) is 0 Å². The van der Waals surface area contributed by atoms with Crippen molar-refractivity contribution in [3.05, 3.63) is 35.1 Å². The summed E-state index contributed by atoms with van der Waals surface area (Å²) in [4.78, 5) is 13.3. The lowest BCUT2D eigenvalue weighted by Crippen LogP contribution is -2.42. The highest BCUT2D eigenvalue weighted by atomic mass is 19.1. The van der Waals surface area contributed by atoms with Crippen LogP contribution in [-0.4, -0.2) is 16.8 Å². The first-order chi connectivity index (χ1) is 8.09. The third-order valence-electron chi connectivity index (χ3n) is 3.85. The van der Waals surface area contributed by atoms with E-state index in [0.717, 1.165) is 0 Å². The minimum Gasteiger partial charge on any atom is -0.330 e. The summed E-state index contributed by atoms with van der Waals surface area (Å²) in [5.41, 5.74) is 1.14. The van der Waals surface area contributed by atoms with Gasteiger partial charge in [0.15, 0.2) is 0 Å². The summed E-state index contributed by atoms with van der Waals surface area (Å²) >= 11 is 0. The van der Waals surface area contributed by atoms with E-state index in [2.05, 4.69) is 0 Å². The third kappa shape index (κ3) is 1.39. The quantitative estimate of drug-likeness (QED) is 0.679. The summed E-state index contributed by atoms with van der Waals surface area (Å²) in [7, 11) is 0. The van der Waals surface area contributed by atoms with Gasteiger partial charge in [-0.25, -0.2) is 8.78 Å². The fraction of sp³-hybridized carbons (Fsp3) is 0.462. The van der Waals surface area contributed by atoms with Crippen LogP contribution in [0.3, 0.4) is 0 Å². The van der Waals surface area contributed by atoms with Crippen molar-refractivity contribution in [1.29, 1.82) is 0 Å². The van der Waals surface area contributed by atoms with Gasteiger partial charge < -0.3 is 4.90 Å². The predicted molar refractivity (Wildman–Crippen MR) is 58.5 cm³/mol. The molecule has 0 bridgehead atoms. The first-order valence-corrected chi connectivity index (χ1v) is 5.84. The van der Waals surface area contributed by atoms with Gasteiger partial charge in [0.25, 0.3) is 0 Å². The Morgan fingerprint density at radius 1 is 1.35 bits per heavy atom. The molecule has 1 aromatic rings. The second-order valence-corrected chi connectivity index (χ2v) is 4.76. The SMILES string of the molecule is CC1c2cc(F)ccc2C(F)C2CCC(=O)N12. The number of fused-ring (bicyclic) bond motifs is 2. The molecule has 2 aliphatic rings. The Morgan fingerprint density at radius 2 is 2.12 bits per heavy atom. The molecule has 3 atom stereocenters. The van der Waals surface area contributed by atoms with Crippen LogP contribution in [0.2, 0.25) is 0 Å². The normalized spacial score (nSPS) is 31.4. The van der Waals surface area contributed by atoms with Gasteiger partial charge in [-0.1, -0.05) is 6.07 Å². The Kier molecular flexibility index (Phi) is 2.21. The fourth-order valence-corrected chi connectivity index (χ4v) is 3.03. The molecule has 4 heteroatoms. The monoisotopic (exact) mass is 237 g/mol. The number of halogens is 2. The number of hydrogen-bond acceptors (Lipinski definition) is 1. The highest BCUT2D eigenvalue weighted by Crippen LogP contribution is 2.45. The molecule has 2 nitrogen and oxygen atoms in total. The van der Waals surface area contributed by atoms with Crippen molar-refractivity contribution in [2.24, 2.45) is 0 Å². The summed E-state index contributed by atoms with van der Waals surface area (Å²) < 4.78 is 27.5. The van der Waals surface area contributed by atoms with Crippen molar-refractivity contribution < 1.29 is 13.6 Å². The van der Waals surface area contributed by atoms with E-state index in [4.69, 9.17) is 0 Å². The molecule has 3 rings (SSSR count). The van der Waals surface area contributed by atoms with E-state index in [1.54, 1.807) is 4.90 Å². The van der Waals surface area contributed by atoms with Gasteiger partial charge in [-0.2, -0.15) is 0 Å². The van der Waals surface area contributed by atoms with Gasteiger partial charge in [0.2, 0.25) is 5.91 Å². The summed E-state index contributed by atoms with van der Waals surface area (Å²) in [6.45, 7) is 1.83. The van der Waals surface area contributed by atoms with Gasteiger partial charge >= 0.3 is 0 Å². The number of alkyl halides is 1. The van der Waals surface area contributed by atoms with Crippen LogP contribution < -0.4 is 0 Å². The molecule has 0 aliphatic carbocycles. The number of benzene rings is 1.